The van der Waals surface area contributed by atoms with E-state index in [2.05, 4.69) is 10.4 Å². The summed E-state index contributed by atoms with van der Waals surface area (Å²) in [5.74, 6) is -0.218. The van der Waals surface area contributed by atoms with Gasteiger partial charge in [0, 0.05) is 5.69 Å². The Labute approximate surface area is 120 Å². The van der Waals surface area contributed by atoms with Crippen LogP contribution in [0.1, 0.15) is 5.69 Å². The molecule has 1 aromatic heterocycles. The zero-order valence-electron chi connectivity index (χ0n) is 10.2. The average Bonchev–Trinajstić information content (AvgIpc) is 2.66. The minimum Gasteiger partial charge on any atom is -0.397 e. The molecule has 1 aromatic carbocycles. The quantitative estimate of drug-likeness (QED) is 0.856. The Hall–Kier alpha value is -1.72. The number of anilines is 2. The lowest BCUT2D eigenvalue weighted by Crippen LogP contribution is -2.20. The summed E-state index contributed by atoms with van der Waals surface area (Å²) in [6.45, 7) is 1.88. The average molecular weight is 299 g/mol. The van der Waals surface area contributed by atoms with Crippen molar-refractivity contribution in [3.63, 3.8) is 0 Å². The molecule has 1 heterocycles. The van der Waals surface area contributed by atoms with Gasteiger partial charge in [0.25, 0.3) is 0 Å². The summed E-state index contributed by atoms with van der Waals surface area (Å²) in [6.07, 6.45) is 1.50. The first-order chi connectivity index (χ1) is 8.97. The standard InChI is InChI=1S/C12H12Cl2N4O/c1-7-10(14)5-16-18(7)6-12(19)17-8-2-3-9(13)11(15)4-8/h2-5H,6,15H2,1H3,(H,17,19). The van der Waals surface area contributed by atoms with Gasteiger partial charge in [0.1, 0.15) is 6.54 Å². The van der Waals surface area contributed by atoms with Crippen LogP contribution in [0, 0.1) is 6.92 Å². The third-order valence-corrected chi connectivity index (χ3v) is 3.33. The molecule has 19 heavy (non-hydrogen) atoms. The second kappa shape index (κ2) is 5.50. The number of rotatable bonds is 3. The van der Waals surface area contributed by atoms with Gasteiger partial charge in [-0.3, -0.25) is 9.48 Å². The highest BCUT2D eigenvalue weighted by Crippen LogP contribution is 2.22. The van der Waals surface area contributed by atoms with E-state index in [-0.39, 0.29) is 12.5 Å². The summed E-state index contributed by atoms with van der Waals surface area (Å²) in [6, 6.07) is 4.91. The van der Waals surface area contributed by atoms with Gasteiger partial charge in [-0.1, -0.05) is 23.2 Å². The van der Waals surface area contributed by atoms with E-state index in [9.17, 15) is 4.79 Å². The number of nitrogen functional groups attached to an aromatic ring is 1. The lowest BCUT2D eigenvalue weighted by Gasteiger charge is -2.08. The van der Waals surface area contributed by atoms with Crippen LogP contribution in [-0.2, 0) is 11.3 Å². The smallest absolute Gasteiger partial charge is 0.246 e. The van der Waals surface area contributed by atoms with Crippen LogP contribution in [0.5, 0.6) is 0 Å². The number of amides is 1. The number of carbonyl (C=O) groups excluding carboxylic acids is 1. The Morgan fingerprint density at radius 3 is 2.74 bits per heavy atom. The predicted octanol–water partition coefficient (Wildman–Crippen LogP) is 2.72. The van der Waals surface area contributed by atoms with Crippen molar-refractivity contribution >= 4 is 40.5 Å². The Morgan fingerprint density at radius 2 is 2.16 bits per heavy atom. The molecule has 1 amide bonds. The molecular weight excluding hydrogens is 287 g/mol. The molecule has 2 rings (SSSR count). The second-order valence-electron chi connectivity index (χ2n) is 4.02. The van der Waals surface area contributed by atoms with Gasteiger partial charge in [0.15, 0.2) is 0 Å². The largest absolute Gasteiger partial charge is 0.397 e. The normalized spacial score (nSPS) is 10.5. The maximum absolute atomic E-state index is 11.9. The molecule has 100 valence electrons. The van der Waals surface area contributed by atoms with E-state index in [1.165, 1.54) is 10.9 Å². The van der Waals surface area contributed by atoms with E-state index in [0.29, 0.717) is 21.4 Å². The lowest BCUT2D eigenvalue weighted by atomic mass is 10.3. The van der Waals surface area contributed by atoms with Crippen LogP contribution < -0.4 is 11.1 Å². The molecule has 0 aliphatic carbocycles. The third kappa shape index (κ3) is 3.19. The molecule has 3 N–H and O–H groups in total. The number of nitrogens with zero attached hydrogens (tertiary/aromatic N) is 2. The van der Waals surface area contributed by atoms with Crippen molar-refractivity contribution in [2.24, 2.45) is 0 Å². The highest BCUT2D eigenvalue weighted by molar-refractivity contribution is 6.33. The number of carbonyl (C=O) groups is 1. The predicted molar refractivity (Wildman–Crippen MR) is 76.5 cm³/mol. The van der Waals surface area contributed by atoms with E-state index < -0.39 is 0 Å². The van der Waals surface area contributed by atoms with Crippen molar-refractivity contribution in [1.29, 1.82) is 0 Å². The Morgan fingerprint density at radius 1 is 1.42 bits per heavy atom. The van der Waals surface area contributed by atoms with Gasteiger partial charge in [-0.15, -0.1) is 0 Å². The third-order valence-electron chi connectivity index (χ3n) is 2.62. The Balaban J connectivity index is 2.05. The van der Waals surface area contributed by atoms with Crippen LogP contribution >= 0.6 is 23.2 Å². The number of nitrogens with two attached hydrogens (primary N) is 1. The molecule has 7 heteroatoms. The van der Waals surface area contributed by atoms with E-state index in [1.807, 2.05) is 0 Å². The fourth-order valence-electron chi connectivity index (χ4n) is 1.54. The number of hydrogen-bond acceptors (Lipinski definition) is 3. The first-order valence-corrected chi connectivity index (χ1v) is 6.25. The van der Waals surface area contributed by atoms with Gasteiger partial charge in [0.05, 0.1) is 27.6 Å². The molecule has 0 radical (unpaired) electrons. The van der Waals surface area contributed by atoms with Crippen LogP contribution in [0.4, 0.5) is 11.4 Å². The molecule has 0 bridgehead atoms. The molecule has 5 nitrogen and oxygen atoms in total. The van der Waals surface area contributed by atoms with Crippen LogP contribution in [0.2, 0.25) is 10.0 Å². The summed E-state index contributed by atoms with van der Waals surface area (Å²) >= 11 is 11.7. The molecule has 0 saturated heterocycles. The number of nitrogens with one attached hydrogen (secondary N) is 1. The first kappa shape index (κ1) is 13.7. The maximum Gasteiger partial charge on any atom is 0.246 e. The van der Waals surface area contributed by atoms with Gasteiger partial charge in [-0.2, -0.15) is 5.10 Å². The molecule has 0 spiro atoms. The minimum atomic E-state index is -0.218. The number of aromatic nitrogens is 2. The second-order valence-corrected chi connectivity index (χ2v) is 4.83. The summed E-state index contributed by atoms with van der Waals surface area (Å²) in [5.41, 5.74) is 7.40. The monoisotopic (exact) mass is 298 g/mol. The molecule has 0 atom stereocenters. The molecule has 0 aliphatic heterocycles. The van der Waals surface area contributed by atoms with E-state index >= 15 is 0 Å². The Bertz CT molecular complexity index is 624. The van der Waals surface area contributed by atoms with Crippen LogP contribution in [0.25, 0.3) is 0 Å². The molecule has 0 unspecified atom stereocenters. The van der Waals surface area contributed by atoms with Crippen molar-refractivity contribution in [2.75, 3.05) is 11.1 Å². The van der Waals surface area contributed by atoms with E-state index in [4.69, 9.17) is 28.9 Å². The number of hydrogen-bond donors (Lipinski definition) is 2. The van der Waals surface area contributed by atoms with Crippen molar-refractivity contribution < 1.29 is 4.79 Å². The highest BCUT2D eigenvalue weighted by atomic mass is 35.5. The van der Waals surface area contributed by atoms with E-state index in [0.717, 1.165) is 5.69 Å². The molecule has 0 fully saturated rings. The summed E-state index contributed by atoms with van der Waals surface area (Å²) in [4.78, 5) is 11.9. The van der Waals surface area contributed by atoms with Gasteiger partial charge < -0.3 is 11.1 Å². The topological polar surface area (TPSA) is 72.9 Å². The van der Waals surface area contributed by atoms with Gasteiger partial charge >= 0.3 is 0 Å². The molecule has 0 aliphatic rings. The van der Waals surface area contributed by atoms with Crippen LogP contribution in [0.15, 0.2) is 24.4 Å². The molecule has 0 saturated carbocycles. The fraction of sp³-hybridized carbons (Fsp3) is 0.167. The van der Waals surface area contributed by atoms with Crippen molar-refractivity contribution in [2.45, 2.75) is 13.5 Å². The molecular formula is C12H12Cl2N4O. The first-order valence-electron chi connectivity index (χ1n) is 5.50. The fourth-order valence-corrected chi connectivity index (χ4v) is 1.80. The number of halogens is 2. The lowest BCUT2D eigenvalue weighted by molar-refractivity contribution is -0.116. The van der Waals surface area contributed by atoms with Crippen molar-refractivity contribution in [3.8, 4) is 0 Å². The maximum atomic E-state index is 11.9. The Kier molecular flexibility index (Phi) is 3.97. The van der Waals surface area contributed by atoms with Crippen LogP contribution in [-0.4, -0.2) is 15.7 Å². The van der Waals surface area contributed by atoms with E-state index in [1.54, 1.807) is 25.1 Å². The number of benzene rings is 1. The zero-order valence-corrected chi connectivity index (χ0v) is 11.7. The summed E-state index contributed by atoms with van der Waals surface area (Å²) in [7, 11) is 0. The minimum absolute atomic E-state index is 0.0844. The summed E-state index contributed by atoms with van der Waals surface area (Å²) < 4.78 is 1.52. The van der Waals surface area contributed by atoms with Crippen molar-refractivity contribution in [1.82, 2.24) is 9.78 Å². The highest BCUT2D eigenvalue weighted by Gasteiger charge is 2.09. The van der Waals surface area contributed by atoms with Gasteiger partial charge in [-0.05, 0) is 25.1 Å². The van der Waals surface area contributed by atoms with Gasteiger partial charge in [-0.25, -0.2) is 0 Å². The van der Waals surface area contributed by atoms with Crippen molar-refractivity contribution in [3.05, 3.63) is 40.1 Å². The van der Waals surface area contributed by atoms with Crippen LogP contribution in [0.3, 0.4) is 0 Å². The summed E-state index contributed by atoms with van der Waals surface area (Å²) in [5, 5.41) is 7.70. The molecule has 2 aromatic rings. The zero-order chi connectivity index (χ0) is 14.0. The SMILES string of the molecule is Cc1c(Cl)cnn1CC(=O)Nc1ccc(Cl)c(N)c1. The van der Waals surface area contributed by atoms with Gasteiger partial charge in [0.2, 0.25) is 5.91 Å².